The molecule has 2 aliphatic rings. The van der Waals surface area contributed by atoms with Gasteiger partial charge in [-0.15, -0.1) is 0 Å². The number of carboxylic acids is 1. The SMILES string of the molecule is CC1CN(C2(CC(=O)O)CN(C(=O)OC(C)(C)C)C2)CCC1O. The van der Waals surface area contributed by atoms with E-state index < -0.39 is 23.2 Å². The number of ether oxygens (including phenoxy) is 1. The molecule has 0 spiro atoms. The molecule has 7 heteroatoms. The molecular formula is C16H28N2O5. The van der Waals surface area contributed by atoms with Gasteiger partial charge in [0.1, 0.15) is 5.60 Å². The topological polar surface area (TPSA) is 90.3 Å². The van der Waals surface area contributed by atoms with Crippen LogP contribution in [0.5, 0.6) is 0 Å². The summed E-state index contributed by atoms with van der Waals surface area (Å²) in [6.07, 6.45) is -0.108. The van der Waals surface area contributed by atoms with E-state index in [4.69, 9.17) is 4.74 Å². The molecule has 0 aromatic carbocycles. The zero-order valence-electron chi connectivity index (χ0n) is 14.4. The number of amides is 1. The maximum Gasteiger partial charge on any atom is 0.410 e. The summed E-state index contributed by atoms with van der Waals surface area (Å²) >= 11 is 0. The fraction of sp³-hybridized carbons (Fsp3) is 0.875. The summed E-state index contributed by atoms with van der Waals surface area (Å²) in [5.41, 5.74) is -1.11. The largest absolute Gasteiger partial charge is 0.481 e. The molecule has 1 amide bonds. The molecule has 0 saturated carbocycles. The smallest absolute Gasteiger partial charge is 0.410 e. The Morgan fingerprint density at radius 1 is 1.30 bits per heavy atom. The Labute approximate surface area is 137 Å². The Balaban J connectivity index is 2.03. The number of carbonyl (C=O) groups is 2. The van der Waals surface area contributed by atoms with Crippen LogP contribution >= 0.6 is 0 Å². The standard InChI is InChI=1S/C16H28N2O5/c1-11-8-18(6-5-12(11)19)16(7-13(20)21)9-17(10-16)14(22)23-15(2,3)4/h11-12,19H,5-10H2,1-4H3,(H,20,21). The van der Waals surface area contributed by atoms with Gasteiger partial charge in [0.05, 0.1) is 18.1 Å². The maximum absolute atomic E-state index is 12.1. The molecule has 7 nitrogen and oxygen atoms in total. The zero-order valence-corrected chi connectivity index (χ0v) is 14.4. The number of carbonyl (C=O) groups excluding carboxylic acids is 1. The fourth-order valence-electron chi connectivity index (χ4n) is 3.39. The Morgan fingerprint density at radius 2 is 1.91 bits per heavy atom. The first-order valence-electron chi connectivity index (χ1n) is 8.15. The van der Waals surface area contributed by atoms with E-state index in [0.717, 1.165) is 0 Å². The average molecular weight is 328 g/mol. The first-order valence-corrected chi connectivity index (χ1v) is 8.15. The van der Waals surface area contributed by atoms with Gasteiger partial charge in [0.15, 0.2) is 0 Å². The summed E-state index contributed by atoms with van der Waals surface area (Å²) in [5, 5.41) is 19.1. The quantitative estimate of drug-likeness (QED) is 0.808. The van der Waals surface area contributed by atoms with E-state index in [0.29, 0.717) is 32.6 Å². The van der Waals surface area contributed by atoms with Crippen molar-refractivity contribution in [1.29, 1.82) is 0 Å². The van der Waals surface area contributed by atoms with Gasteiger partial charge < -0.3 is 19.8 Å². The van der Waals surface area contributed by atoms with Gasteiger partial charge >= 0.3 is 12.1 Å². The van der Waals surface area contributed by atoms with Crippen LogP contribution in [-0.4, -0.2) is 75.5 Å². The highest BCUT2D eigenvalue weighted by atomic mass is 16.6. The Bertz CT molecular complexity index is 468. The molecule has 132 valence electrons. The van der Waals surface area contributed by atoms with Gasteiger partial charge in [0.25, 0.3) is 0 Å². The van der Waals surface area contributed by atoms with Crippen LogP contribution in [0.25, 0.3) is 0 Å². The van der Waals surface area contributed by atoms with Crippen molar-refractivity contribution in [2.75, 3.05) is 26.2 Å². The lowest BCUT2D eigenvalue weighted by atomic mass is 9.81. The first kappa shape index (κ1) is 18.0. The third-order valence-corrected chi connectivity index (χ3v) is 4.63. The molecule has 0 aromatic heterocycles. The van der Waals surface area contributed by atoms with Crippen molar-refractivity contribution < 1.29 is 24.5 Å². The second-order valence-electron chi connectivity index (χ2n) is 7.91. The zero-order chi connectivity index (χ0) is 17.4. The van der Waals surface area contributed by atoms with E-state index in [1.54, 1.807) is 4.90 Å². The molecule has 2 saturated heterocycles. The monoisotopic (exact) mass is 328 g/mol. The summed E-state index contributed by atoms with van der Waals surface area (Å²) in [6, 6.07) is 0. The number of aliphatic hydroxyl groups excluding tert-OH is 1. The summed E-state index contributed by atoms with van der Waals surface area (Å²) < 4.78 is 5.35. The highest BCUT2D eigenvalue weighted by Crippen LogP contribution is 2.35. The van der Waals surface area contributed by atoms with Gasteiger partial charge in [-0.3, -0.25) is 9.69 Å². The summed E-state index contributed by atoms with van der Waals surface area (Å²) in [7, 11) is 0. The summed E-state index contributed by atoms with van der Waals surface area (Å²) in [4.78, 5) is 27.1. The number of piperidine rings is 1. The molecular weight excluding hydrogens is 300 g/mol. The third kappa shape index (κ3) is 4.14. The summed E-state index contributed by atoms with van der Waals surface area (Å²) in [5.74, 6) is -0.766. The van der Waals surface area contributed by atoms with Crippen LogP contribution in [0, 0.1) is 5.92 Å². The van der Waals surface area contributed by atoms with Gasteiger partial charge in [0, 0.05) is 26.2 Å². The van der Waals surface area contributed by atoms with Crippen molar-refractivity contribution in [2.45, 2.75) is 57.8 Å². The Kier molecular flexibility index (Phi) is 4.92. The molecule has 0 aromatic rings. The normalized spacial score (nSPS) is 28.1. The number of nitrogens with zero attached hydrogens (tertiary/aromatic N) is 2. The minimum atomic E-state index is -0.868. The number of aliphatic carboxylic acids is 1. The molecule has 2 heterocycles. The van der Waals surface area contributed by atoms with Gasteiger partial charge in [-0.1, -0.05) is 6.92 Å². The molecule has 2 aliphatic heterocycles. The molecule has 23 heavy (non-hydrogen) atoms. The van der Waals surface area contributed by atoms with Gasteiger partial charge in [-0.05, 0) is 33.1 Å². The molecule has 2 unspecified atom stereocenters. The van der Waals surface area contributed by atoms with Crippen LogP contribution in [0.3, 0.4) is 0 Å². The summed E-state index contributed by atoms with van der Waals surface area (Å²) in [6.45, 7) is 9.41. The van der Waals surface area contributed by atoms with Crippen LogP contribution in [0.1, 0.15) is 40.5 Å². The van der Waals surface area contributed by atoms with E-state index in [1.165, 1.54) is 0 Å². The number of carboxylic acid groups (broad SMARTS) is 1. The fourth-order valence-corrected chi connectivity index (χ4v) is 3.39. The third-order valence-electron chi connectivity index (χ3n) is 4.63. The molecule has 2 rings (SSSR count). The highest BCUT2D eigenvalue weighted by molar-refractivity contribution is 5.73. The van der Waals surface area contributed by atoms with Gasteiger partial charge in [0.2, 0.25) is 0 Å². The van der Waals surface area contributed by atoms with Crippen molar-refractivity contribution >= 4 is 12.1 Å². The lowest BCUT2D eigenvalue weighted by molar-refractivity contribution is -0.148. The number of aliphatic hydroxyl groups is 1. The predicted octanol–water partition coefficient (Wildman–Crippen LogP) is 1.15. The maximum atomic E-state index is 12.1. The van der Waals surface area contributed by atoms with Gasteiger partial charge in [-0.2, -0.15) is 0 Å². The minimum absolute atomic E-state index is 0.00485. The van der Waals surface area contributed by atoms with E-state index >= 15 is 0 Å². The predicted molar refractivity (Wildman–Crippen MR) is 84.2 cm³/mol. The van der Waals surface area contributed by atoms with Crippen LogP contribution in [-0.2, 0) is 9.53 Å². The number of hydrogen-bond acceptors (Lipinski definition) is 5. The molecule has 2 fully saturated rings. The van der Waals surface area contributed by atoms with Crippen LogP contribution < -0.4 is 0 Å². The first-order chi connectivity index (χ1) is 10.5. The minimum Gasteiger partial charge on any atom is -0.481 e. The Morgan fingerprint density at radius 3 is 2.39 bits per heavy atom. The average Bonchev–Trinajstić information content (AvgIpc) is 2.34. The molecule has 2 atom stereocenters. The molecule has 0 bridgehead atoms. The molecule has 0 aliphatic carbocycles. The van der Waals surface area contributed by atoms with E-state index in [-0.39, 0.29) is 18.4 Å². The highest BCUT2D eigenvalue weighted by Gasteiger charge is 2.52. The second kappa shape index (κ2) is 6.28. The second-order valence-corrected chi connectivity index (χ2v) is 7.91. The van der Waals surface area contributed by atoms with Crippen LogP contribution in [0.15, 0.2) is 0 Å². The molecule has 2 N–H and O–H groups in total. The van der Waals surface area contributed by atoms with Crippen LogP contribution in [0.4, 0.5) is 4.79 Å². The van der Waals surface area contributed by atoms with E-state index in [1.807, 2.05) is 27.7 Å². The van der Waals surface area contributed by atoms with Crippen molar-refractivity contribution in [3.05, 3.63) is 0 Å². The van der Waals surface area contributed by atoms with Crippen molar-refractivity contribution in [1.82, 2.24) is 9.80 Å². The van der Waals surface area contributed by atoms with Crippen LogP contribution in [0.2, 0.25) is 0 Å². The number of hydrogen-bond donors (Lipinski definition) is 2. The van der Waals surface area contributed by atoms with Crippen molar-refractivity contribution in [3.63, 3.8) is 0 Å². The van der Waals surface area contributed by atoms with E-state index in [2.05, 4.69) is 4.90 Å². The Hall–Kier alpha value is -1.34. The van der Waals surface area contributed by atoms with Crippen molar-refractivity contribution in [3.8, 4) is 0 Å². The van der Waals surface area contributed by atoms with Crippen molar-refractivity contribution in [2.24, 2.45) is 5.92 Å². The van der Waals surface area contributed by atoms with E-state index in [9.17, 15) is 19.8 Å². The number of likely N-dealkylation sites (tertiary alicyclic amines) is 2. The lowest BCUT2D eigenvalue weighted by Crippen LogP contribution is -2.73. The lowest BCUT2D eigenvalue weighted by Gasteiger charge is -2.57. The molecule has 0 radical (unpaired) electrons. The van der Waals surface area contributed by atoms with Gasteiger partial charge in [-0.25, -0.2) is 4.79 Å². The number of rotatable bonds is 3.